The molecule has 5 rings (SSSR count). The van der Waals surface area contributed by atoms with E-state index in [4.69, 9.17) is 4.74 Å². The molecule has 8 heteroatoms. The normalized spacial score (nSPS) is 30.2. The van der Waals surface area contributed by atoms with Crippen LogP contribution in [0.25, 0.3) is 0 Å². The molecule has 3 aliphatic rings. The number of aromatic amines is 1. The average Bonchev–Trinajstić information content (AvgIpc) is 3.46. The molecule has 8 nitrogen and oxygen atoms in total. The molecule has 1 amide bonds. The van der Waals surface area contributed by atoms with Crippen molar-refractivity contribution in [1.82, 2.24) is 25.5 Å². The highest BCUT2D eigenvalue weighted by atomic mass is 16.5. The van der Waals surface area contributed by atoms with Crippen LogP contribution < -0.4 is 10.2 Å². The lowest BCUT2D eigenvalue weighted by Crippen LogP contribution is -2.42. The number of carbonyl (C=O) groups is 1. The lowest BCUT2D eigenvalue weighted by atomic mass is 9.73. The minimum Gasteiger partial charge on any atom is -0.369 e. The van der Waals surface area contributed by atoms with Crippen LogP contribution in [0.4, 0.5) is 5.82 Å². The number of imidazole rings is 1. The number of aryl methyl sites for hydroxylation is 1. The summed E-state index contributed by atoms with van der Waals surface area (Å²) in [6.45, 7) is 8.47. The van der Waals surface area contributed by atoms with Crippen molar-refractivity contribution in [3.63, 3.8) is 0 Å². The van der Waals surface area contributed by atoms with Gasteiger partial charge in [0.1, 0.15) is 11.5 Å². The van der Waals surface area contributed by atoms with Gasteiger partial charge in [-0.2, -0.15) is 5.10 Å². The zero-order chi connectivity index (χ0) is 20.2. The van der Waals surface area contributed by atoms with Crippen LogP contribution in [0.5, 0.6) is 0 Å². The third kappa shape index (κ3) is 3.10. The van der Waals surface area contributed by atoms with Crippen LogP contribution >= 0.6 is 0 Å². The number of H-pyrrole nitrogens is 1. The van der Waals surface area contributed by atoms with Gasteiger partial charge >= 0.3 is 0 Å². The number of amides is 1. The van der Waals surface area contributed by atoms with Gasteiger partial charge in [-0.3, -0.25) is 4.79 Å². The maximum Gasteiger partial charge on any atom is 0.269 e. The number of nitrogens with one attached hydrogen (secondary N) is 2. The summed E-state index contributed by atoms with van der Waals surface area (Å²) in [6.07, 6.45) is 3.97. The third-order valence-corrected chi connectivity index (χ3v) is 6.82. The predicted octanol–water partition coefficient (Wildman–Crippen LogP) is 2.05. The highest BCUT2D eigenvalue weighted by molar-refractivity contribution is 5.92. The van der Waals surface area contributed by atoms with E-state index in [0.717, 1.165) is 43.3 Å². The van der Waals surface area contributed by atoms with Crippen LogP contribution in [0.1, 0.15) is 54.6 Å². The van der Waals surface area contributed by atoms with E-state index in [1.807, 2.05) is 6.92 Å². The molecule has 3 fully saturated rings. The van der Waals surface area contributed by atoms with E-state index in [1.165, 1.54) is 0 Å². The van der Waals surface area contributed by atoms with Crippen LogP contribution in [0.2, 0.25) is 0 Å². The van der Waals surface area contributed by atoms with Gasteiger partial charge in [-0.15, -0.1) is 5.10 Å². The summed E-state index contributed by atoms with van der Waals surface area (Å²) in [4.78, 5) is 21.8. The van der Waals surface area contributed by atoms with Gasteiger partial charge in [-0.25, -0.2) is 4.98 Å². The standard InChI is InChI=1S/C21H28N6O2/c1-12(2)16-4-5-19(26-25-16)27-10-15-14(18-6-7-21(15,11-27)29-18)8-23-20(28)17-9-22-13(3)24-17/h4-5,9,12,14-15,18H,6-8,10-11H2,1-3H3,(H,22,24)(H,23,28)/t14-,15+,18+,21+/m0/s1. The Kier molecular flexibility index (Phi) is 4.34. The Morgan fingerprint density at radius 3 is 2.97 bits per heavy atom. The maximum atomic E-state index is 12.4. The third-order valence-electron chi connectivity index (χ3n) is 6.82. The largest absolute Gasteiger partial charge is 0.369 e. The van der Waals surface area contributed by atoms with Crippen molar-refractivity contribution in [1.29, 1.82) is 0 Å². The van der Waals surface area contributed by atoms with E-state index >= 15 is 0 Å². The van der Waals surface area contributed by atoms with Gasteiger partial charge in [0.2, 0.25) is 0 Å². The predicted molar refractivity (Wildman–Crippen MR) is 108 cm³/mol. The van der Waals surface area contributed by atoms with E-state index < -0.39 is 0 Å². The molecule has 2 bridgehead atoms. The molecule has 4 atom stereocenters. The summed E-state index contributed by atoms with van der Waals surface area (Å²) >= 11 is 0. The van der Waals surface area contributed by atoms with Gasteiger partial charge in [0.05, 0.1) is 23.6 Å². The fraction of sp³-hybridized carbons (Fsp3) is 0.619. The second-order valence-corrected chi connectivity index (χ2v) is 8.97. The Balaban J connectivity index is 1.28. The van der Waals surface area contributed by atoms with E-state index in [9.17, 15) is 4.79 Å². The Morgan fingerprint density at radius 2 is 2.28 bits per heavy atom. The molecule has 2 aromatic heterocycles. The summed E-state index contributed by atoms with van der Waals surface area (Å²) in [5.41, 5.74) is 1.41. The smallest absolute Gasteiger partial charge is 0.269 e. The number of hydrogen-bond acceptors (Lipinski definition) is 6. The Morgan fingerprint density at radius 1 is 1.41 bits per heavy atom. The SMILES string of the molecule is Cc1ncc(C(=O)NC[C@H]2[C@H]3CN(c4ccc(C(C)C)nn4)C[C@]34CC[C@H]2O4)[nH]1. The molecule has 3 aliphatic heterocycles. The van der Waals surface area contributed by atoms with Gasteiger partial charge in [-0.05, 0) is 37.8 Å². The van der Waals surface area contributed by atoms with Gasteiger partial charge in [0, 0.05) is 31.5 Å². The number of carbonyl (C=O) groups excluding carboxylic acids is 1. The molecule has 5 heterocycles. The molecule has 2 N–H and O–H groups in total. The molecule has 2 aromatic rings. The number of rotatable bonds is 5. The summed E-state index contributed by atoms with van der Waals surface area (Å²) in [5.74, 6) is 2.65. The van der Waals surface area contributed by atoms with Crippen LogP contribution in [0.3, 0.4) is 0 Å². The number of nitrogens with zero attached hydrogens (tertiary/aromatic N) is 4. The van der Waals surface area contributed by atoms with E-state index in [-0.39, 0.29) is 17.6 Å². The van der Waals surface area contributed by atoms with Crippen molar-refractivity contribution < 1.29 is 9.53 Å². The van der Waals surface area contributed by atoms with E-state index in [0.29, 0.717) is 30.0 Å². The Labute approximate surface area is 170 Å². The molecule has 0 saturated carbocycles. The monoisotopic (exact) mass is 396 g/mol. The Hall–Kier alpha value is -2.48. The quantitative estimate of drug-likeness (QED) is 0.803. The second kappa shape index (κ2) is 6.79. The van der Waals surface area contributed by atoms with E-state index in [2.05, 4.69) is 56.4 Å². The average molecular weight is 396 g/mol. The van der Waals surface area contributed by atoms with Crippen molar-refractivity contribution in [2.45, 2.75) is 51.2 Å². The van der Waals surface area contributed by atoms with Crippen molar-refractivity contribution in [2.24, 2.45) is 11.8 Å². The first kappa shape index (κ1) is 18.5. The topological polar surface area (TPSA) is 96.0 Å². The Bertz CT molecular complexity index is 910. The zero-order valence-corrected chi connectivity index (χ0v) is 17.2. The maximum absolute atomic E-state index is 12.4. The van der Waals surface area contributed by atoms with Crippen LogP contribution in [0, 0.1) is 18.8 Å². The molecule has 0 unspecified atom stereocenters. The molecule has 29 heavy (non-hydrogen) atoms. The molecule has 3 saturated heterocycles. The lowest BCUT2D eigenvalue weighted by molar-refractivity contribution is 0.0141. The number of aromatic nitrogens is 4. The van der Waals surface area contributed by atoms with Gasteiger partial charge in [0.25, 0.3) is 5.91 Å². The molecule has 0 radical (unpaired) electrons. The first-order valence-electron chi connectivity index (χ1n) is 10.5. The van der Waals surface area contributed by atoms with Gasteiger partial charge in [0.15, 0.2) is 5.82 Å². The molecule has 0 aliphatic carbocycles. The summed E-state index contributed by atoms with van der Waals surface area (Å²) in [6, 6.07) is 4.14. The van der Waals surface area contributed by atoms with Crippen LogP contribution in [0.15, 0.2) is 18.3 Å². The van der Waals surface area contributed by atoms with Crippen molar-refractivity contribution in [2.75, 3.05) is 24.5 Å². The first-order chi connectivity index (χ1) is 13.9. The highest BCUT2D eigenvalue weighted by Gasteiger charge is 2.63. The van der Waals surface area contributed by atoms with Crippen molar-refractivity contribution in [3.05, 3.63) is 35.5 Å². The number of anilines is 1. The van der Waals surface area contributed by atoms with Gasteiger partial charge in [-0.1, -0.05) is 13.8 Å². The van der Waals surface area contributed by atoms with Gasteiger partial charge < -0.3 is 19.9 Å². The summed E-state index contributed by atoms with van der Waals surface area (Å²) in [5, 5.41) is 11.9. The number of hydrogen-bond donors (Lipinski definition) is 2. The first-order valence-corrected chi connectivity index (χ1v) is 10.5. The van der Waals surface area contributed by atoms with Crippen LogP contribution in [-0.2, 0) is 4.74 Å². The highest BCUT2D eigenvalue weighted by Crippen LogP contribution is 2.55. The fourth-order valence-electron chi connectivity index (χ4n) is 5.29. The molecular weight excluding hydrogens is 368 g/mol. The second-order valence-electron chi connectivity index (χ2n) is 8.97. The summed E-state index contributed by atoms with van der Waals surface area (Å²) in [7, 11) is 0. The molecule has 1 spiro atoms. The van der Waals surface area contributed by atoms with Crippen LogP contribution in [-0.4, -0.2) is 57.4 Å². The lowest BCUT2D eigenvalue weighted by Gasteiger charge is -2.29. The minimum atomic E-state index is -0.108. The molecule has 154 valence electrons. The number of ether oxygens (including phenoxy) is 1. The molecule has 0 aromatic carbocycles. The molecular formula is C21H28N6O2. The zero-order valence-electron chi connectivity index (χ0n) is 17.2. The summed E-state index contributed by atoms with van der Waals surface area (Å²) < 4.78 is 6.49. The van der Waals surface area contributed by atoms with Crippen molar-refractivity contribution >= 4 is 11.7 Å². The minimum absolute atomic E-state index is 0.104. The number of fused-ring (bicyclic) bond motifs is 1. The fourth-order valence-corrected chi connectivity index (χ4v) is 5.29. The van der Waals surface area contributed by atoms with E-state index in [1.54, 1.807) is 6.20 Å². The van der Waals surface area contributed by atoms with Crippen molar-refractivity contribution in [3.8, 4) is 0 Å².